The van der Waals surface area contributed by atoms with Crippen molar-refractivity contribution < 1.29 is 0 Å². The van der Waals surface area contributed by atoms with Crippen molar-refractivity contribution in [2.45, 2.75) is 37.6 Å². The first-order valence-electron chi connectivity index (χ1n) is 6.56. The summed E-state index contributed by atoms with van der Waals surface area (Å²) in [6, 6.07) is 5.46. The fourth-order valence-electron chi connectivity index (χ4n) is 2.08. The molecule has 1 aromatic heterocycles. The van der Waals surface area contributed by atoms with Gasteiger partial charge in [-0.25, -0.2) is 4.68 Å². The van der Waals surface area contributed by atoms with Crippen molar-refractivity contribution in [3.8, 4) is 0 Å². The van der Waals surface area contributed by atoms with Gasteiger partial charge in [0.2, 0.25) is 0 Å². The van der Waals surface area contributed by atoms with Gasteiger partial charge >= 0.3 is 0 Å². The molecule has 0 atom stereocenters. The Balaban J connectivity index is 2.06. The highest BCUT2D eigenvalue weighted by molar-refractivity contribution is 7.99. The normalized spacial score (nSPS) is 11.9. The molecule has 21 heavy (non-hydrogen) atoms. The van der Waals surface area contributed by atoms with Crippen LogP contribution in [-0.2, 0) is 12.0 Å². The van der Waals surface area contributed by atoms with E-state index in [1.807, 2.05) is 10.7 Å². The maximum absolute atomic E-state index is 6.15. The molecular formula is C14H18Cl2N4S. The van der Waals surface area contributed by atoms with E-state index >= 15 is 0 Å². The summed E-state index contributed by atoms with van der Waals surface area (Å²) in [6.07, 6.45) is 0. The molecule has 2 rings (SSSR count). The van der Waals surface area contributed by atoms with Crippen LogP contribution in [0.3, 0.4) is 0 Å². The molecule has 4 nitrogen and oxygen atoms in total. The van der Waals surface area contributed by atoms with Crippen LogP contribution < -0.4 is 5.73 Å². The largest absolute Gasteiger partial charge is 0.381 e. The number of hydrogen-bond donors (Lipinski definition) is 1. The lowest BCUT2D eigenvalue weighted by Gasteiger charge is -2.20. The molecule has 7 heteroatoms. The third-order valence-corrected chi connectivity index (χ3v) is 4.64. The van der Waals surface area contributed by atoms with Crippen LogP contribution >= 0.6 is 35.0 Å². The smallest absolute Gasteiger partial charge is 0.169 e. The number of nitrogens with zero attached hydrogens (tertiary/aromatic N) is 3. The number of benzene rings is 1. The molecule has 0 saturated heterocycles. The highest BCUT2D eigenvalue weighted by Gasteiger charge is 2.23. The van der Waals surface area contributed by atoms with Crippen LogP contribution in [0.15, 0.2) is 23.1 Å². The fourth-order valence-corrected chi connectivity index (χ4v) is 3.50. The molecule has 1 heterocycles. The molecule has 0 spiro atoms. The summed E-state index contributed by atoms with van der Waals surface area (Å²) in [5.74, 6) is 1.31. The van der Waals surface area contributed by atoms with Crippen LogP contribution in [-0.4, -0.2) is 20.7 Å². The highest BCUT2D eigenvalue weighted by Crippen LogP contribution is 2.31. The van der Waals surface area contributed by atoms with Crippen LogP contribution in [0.25, 0.3) is 0 Å². The Morgan fingerprint density at radius 2 is 2.00 bits per heavy atom. The van der Waals surface area contributed by atoms with E-state index in [0.29, 0.717) is 22.4 Å². The van der Waals surface area contributed by atoms with Crippen LogP contribution in [0.4, 0.5) is 5.82 Å². The van der Waals surface area contributed by atoms with Crippen LogP contribution in [0.1, 0.15) is 26.5 Å². The summed E-state index contributed by atoms with van der Waals surface area (Å²) < 4.78 is 1.86. The Kier molecular flexibility index (Phi) is 5.07. The summed E-state index contributed by atoms with van der Waals surface area (Å²) in [5.41, 5.74) is 6.78. The number of rotatable bonds is 4. The predicted molar refractivity (Wildman–Crippen MR) is 90.3 cm³/mol. The minimum atomic E-state index is -0.0913. The molecule has 0 bridgehead atoms. The van der Waals surface area contributed by atoms with Crippen molar-refractivity contribution in [3.05, 3.63) is 33.9 Å². The Bertz CT molecular complexity index is 634. The molecule has 0 aliphatic heterocycles. The molecule has 0 amide bonds. The maximum Gasteiger partial charge on any atom is 0.169 e. The van der Waals surface area contributed by atoms with Crippen molar-refractivity contribution in [3.63, 3.8) is 0 Å². The third-order valence-electron chi connectivity index (χ3n) is 2.93. The van der Waals surface area contributed by atoms with Gasteiger partial charge in [0.05, 0.1) is 17.3 Å². The Morgan fingerprint density at radius 3 is 2.67 bits per heavy atom. The Morgan fingerprint density at radius 1 is 1.29 bits per heavy atom. The zero-order valence-corrected chi connectivity index (χ0v) is 14.6. The monoisotopic (exact) mass is 344 g/mol. The van der Waals surface area contributed by atoms with E-state index in [2.05, 4.69) is 31.1 Å². The van der Waals surface area contributed by atoms with Crippen LogP contribution in [0.2, 0.25) is 10.0 Å². The lowest BCUT2D eigenvalue weighted by atomic mass is 9.92. The standard InChI is InChI=1S/C14H18Cl2N4S/c1-14(2,3)12-13(17)18-19-20(12)6-7-21-11-8-9(15)4-5-10(11)16/h4-5,8H,6-7,17H2,1-3H3. The second-order valence-electron chi connectivity index (χ2n) is 5.72. The molecular weight excluding hydrogens is 327 g/mol. The van der Waals surface area contributed by atoms with Crippen molar-refractivity contribution in [2.75, 3.05) is 11.5 Å². The Labute approximate surface area is 139 Å². The van der Waals surface area contributed by atoms with E-state index in [1.165, 1.54) is 0 Å². The summed E-state index contributed by atoms with van der Waals surface area (Å²) in [6.45, 7) is 7.00. The molecule has 0 aliphatic carbocycles. The van der Waals surface area contributed by atoms with E-state index < -0.39 is 0 Å². The molecule has 0 unspecified atom stereocenters. The minimum Gasteiger partial charge on any atom is -0.381 e. The van der Waals surface area contributed by atoms with Gasteiger partial charge in [-0.3, -0.25) is 0 Å². The first kappa shape index (κ1) is 16.5. The zero-order valence-electron chi connectivity index (χ0n) is 12.2. The number of nitrogens with two attached hydrogens (primary N) is 1. The van der Waals surface area contributed by atoms with Gasteiger partial charge in [-0.05, 0) is 18.2 Å². The second kappa shape index (κ2) is 6.46. The maximum atomic E-state index is 6.15. The van der Waals surface area contributed by atoms with Crippen molar-refractivity contribution >= 4 is 40.8 Å². The molecule has 1 aromatic carbocycles. The van der Waals surface area contributed by atoms with E-state index in [0.717, 1.165) is 16.3 Å². The fraction of sp³-hybridized carbons (Fsp3) is 0.429. The molecule has 0 saturated carbocycles. The van der Waals surface area contributed by atoms with E-state index in [4.69, 9.17) is 28.9 Å². The number of aromatic nitrogens is 3. The number of hydrogen-bond acceptors (Lipinski definition) is 4. The Hall–Kier alpha value is -0.910. The van der Waals surface area contributed by atoms with E-state index in [-0.39, 0.29) is 5.41 Å². The lowest BCUT2D eigenvalue weighted by Crippen LogP contribution is -2.20. The van der Waals surface area contributed by atoms with Gasteiger partial charge in [-0.1, -0.05) is 49.2 Å². The lowest BCUT2D eigenvalue weighted by molar-refractivity contribution is 0.496. The number of thioether (sulfide) groups is 1. The van der Waals surface area contributed by atoms with Gasteiger partial charge in [0.25, 0.3) is 0 Å². The summed E-state index contributed by atoms with van der Waals surface area (Å²) >= 11 is 13.8. The topological polar surface area (TPSA) is 56.7 Å². The number of halogens is 2. The quantitative estimate of drug-likeness (QED) is 0.842. The van der Waals surface area contributed by atoms with Gasteiger partial charge in [-0.2, -0.15) is 0 Å². The van der Waals surface area contributed by atoms with Gasteiger partial charge in [0, 0.05) is 21.1 Å². The van der Waals surface area contributed by atoms with Crippen molar-refractivity contribution in [1.82, 2.24) is 15.0 Å². The molecule has 0 aliphatic rings. The van der Waals surface area contributed by atoms with E-state index in [9.17, 15) is 0 Å². The first-order valence-corrected chi connectivity index (χ1v) is 8.30. The SMILES string of the molecule is CC(C)(C)c1c(N)nnn1CCSc1cc(Cl)ccc1Cl. The number of nitrogen functional groups attached to an aromatic ring is 1. The van der Waals surface area contributed by atoms with Crippen LogP contribution in [0, 0.1) is 0 Å². The number of aryl methyl sites for hydroxylation is 1. The summed E-state index contributed by atoms with van der Waals surface area (Å²) in [7, 11) is 0. The average molecular weight is 345 g/mol. The molecule has 114 valence electrons. The average Bonchev–Trinajstić information content (AvgIpc) is 2.75. The molecule has 0 radical (unpaired) electrons. The molecule has 0 fully saturated rings. The zero-order chi connectivity index (χ0) is 15.6. The first-order chi connectivity index (χ1) is 9.79. The molecule has 2 N–H and O–H groups in total. The third kappa shape index (κ3) is 4.05. The summed E-state index contributed by atoms with van der Waals surface area (Å²) in [5, 5.41) is 9.49. The van der Waals surface area contributed by atoms with Gasteiger partial charge in [0.1, 0.15) is 0 Å². The van der Waals surface area contributed by atoms with Gasteiger partial charge in [0.15, 0.2) is 5.82 Å². The van der Waals surface area contributed by atoms with Gasteiger partial charge < -0.3 is 5.73 Å². The molecule has 2 aromatic rings. The number of anilines is 1. The van der Waals surface area contributed by atoms with Crippen LogP contribution in [0.5, 0.6) is 0 Å². The minimum absolute atomic E-state index is 0.0913. The predicted octanol–water partition coefficient (Wildman–Crippen LogP) is 4.26. The second-order valence-corrected chi connectivity index (χ2v) is 7.70. The van der Waals surface area contributed by atoms with Crippen molar-refractivity contribution in [1.29, 1.82) is 0 Å². The summed E-state index contributed by atoms with van der Waals surface area (Å²) in [4.78, 5) is 0.967. The van der Waals surface area contributed by atoms with Gasteiger partial charge in [-0.15, -0.1) is 16.9 Å². The van der Waals surface area contributed by atoms with Crippen molar-refractivity contribution in [2.24, 2.45) is 0 Å². The highest BCUT2D eigenvalue weighted by atomic mass is 35.5. The van der Waals surface area contributed by atoms with E-state index in [1.54, 1.807) is 23.9 Å².